The standard InChI is InChI=1S/C14H25F3N2/c1-10-6-7-19(9-11(10)8-18)13-4-2-12(3-5-13)14(15,16)17/h10-13H,2-9,18H2,1H3. The molecule has 1 aliphatic heterocycles. The second-order valence-corrected chi connectivity index (χ2v) is 6.30. The zero-order valence-corrected chi connectivity index (χ0v) is 11.6. The molecule has 0 bridgehead atoms. The number of likely N-dealkylation sites (tertiary alicyclic amines) is 1. The highest BCUT2D eigenvalue weighted by molar-refractivity contribution is 4.87. The van der Waals surface area contributed by atoms with Crippen LogP contribution in [0.25, 0.3) is 0 Å². The minimum Gasteiger partial charge on any atom is -0.330 e. The van der Waals surface area contributed by atoms with Gasteiger partial charge in [0.1, 0.15) is 0 Å². The fraction of sp³-hybridized carbons (Fsp3) is 1.00. The van der Waals surface area contributed by atoms with Crippen LogP contribution in [0.15, 0.2) is 0 Å². The number of hydrogen-bond acceptors (Lipinski definition) is 2. The lowest BCUT2D eigenvalue weighted by atomic mass is 9.81. The van der Waals surface area contributed by atoms with Crippen molar-refractivity contribution >= 4 is 0 Å². The molecule has 1 aliphatic carbocycles. The molecule has 5 heteroatoms. The molecule has 0 aromatic rings. The van der Waals surface area contributed by atoms with Crippen LogP contribution in [0.5, 0.6) is 0 Å². The van der Waals surface area contributed by atoms with Gasteiger partial charge in [0.05, 0.1) is 5.92 Å². The Morgan fingerprint density at radius 2 is 1.74 bits per heavy atom. The van der Waals surface area contributed by atoms with E-state index in [1.54, 1.807) is 0 Å². The zero-order valence-electron chi connectivity index (χ0n) is 11.6. The van der Waals surface area contributed by atoms with E-state index in [1.807, 2.05) is 0 Å². The summed E-state index contributed by atoms with van der Waals surface area (Å²) >= 11 is 0. The van der Waals surface area contributed by atoms with Crippen molar-refractivity contribution in [3.63, 3.8) is 0 Å². The highest BCUT2D eigenvalue weighted by Crippen LogP contribution is 2.39. The van der Waals surface area contributed by atoms with Crippen LogP contribution in [0.3, 0.4) is 0 Å². The maximum atomic E-state index is 12.6. The SMILES string of the molecule is CC1CCN(C2CCC(C(F)(F)F)CC2)CC1CN. The van der Waals surface area contributed by atoms with Crippen LogP contribution in [-0.4, -0.2) is 36.8 Å². The molecule has 0 amide bonds. The van der Waals surface area contributed by atoms with Gasteiger partial charge in [-0.25, -0.2) is 0 Å². The van der Waals surface area contributed by atoms with Gasteiger partial charge in [-0.2, -0.15) is 13.2 Å². The maximum absolute atomic E-state index is 12.6. The third-order valence-electron chi connectivity index (χ3n) is 5.12. The Bertz CT molecular complexity index is 285. The van der Waals surface area contributed by atoms with E-state index in [-0.39, 0.29) is 0 Å². The summed E-state index contributed by atoms with van der Waals surface area (Å²) in [5, 5.41) is 0. The van der Waals surface area contributed by atoms with Gasteiger partial charge in [-0.3, -0.25) is 0 Å². The van der Waals surface area contributed by atoms with Gasteiger partial charge in [-0.1, -0.05) is 6.92 Å². The lowest BCUT2D eigenvalue weighted by molar-refractivity contribution is -0.184. The normalized spacial score (nSPS) is 38.4. The van der Waals surface area contributed by atoms with Gasteiger partial charge in [0.2, 0.25) is 0 Å². The molecular weight excluding hydrogens is 253 g/mol. The molecule has 0 aromatic heterocycles. The molecule has 1 saturated heterocycles. The van der Waals surface area contributed by atoms with Crippen molar-refractivity contribution in [2.24, 2.45) is 23.5 Å². The van der Waals surface area contributed by atoms with E-state index >= 15 is 0 Å². The second kappa shape index (κ2) is 6.00. The first-order valence-corrected chi connectivity index (χ1v) is 7.42. The summed E-state index contributed by atoms with van der Waals surface area (Å²) in [6, 6.07) is 0.347. The Labute approximate surface area is 113 Å². The topological polar surface area (TPSA) is 29.3 Å². The maximum Gasteiger partial charge on any atom is 0.391 e. The summed E-state index contributed by atoms with van der Waals surface area (Å²) in [5.41, 5.74) is 5.79. The molecule has 0 spiro atoms. The Morgan fingerprint density at radius 1 is 1.11 bits per heavy atom. The van der Waals surface area contributed by atoms with Crippen LogP contribution < -0.4 is 5.73 Å². The smallest absolute Gasteiger partial charge is 0.330 e. The average molecular weight is 278 g/mol. The number of nitrogens with two attached hydrogens (primary N) is 1. The van der Waals surface area contributed by atoms with Crippen LogP contribution in [0.1, 0.15) is 39.0 Å². The van der Waals surface area contributed by atoms with Gasteiger partial charge < -0.3 is 10.6 Å². The largest absolute Gasteiger partial charge is 0.391 e. The Hall–Kier alpha value is -0.290. The van der Waals surface area contributed by atoms with Gasteiger partial charge in [0, 0.05) is 12.6 Å². The third-order valence-corrected chi connectivity index (χ3v) is 5.12. The second-order valence-electron chi connectivity index (χ2n) is 6.30. The monoisotopic (exact) mass is 278 g/mol. The van der Waals surface area contributed by atoms with Gasteiger partial charge in [0.15, 0.2) is 0 Å². The highest BCUT2D eigenvalue weighted by Gasteiger charge is 2.42. The van der Waals surface area contributed by atoms with Crippen molar-refractivity contribution in [3.05, 3.63) is 0 Å². The van der Waals surface area contributed by atoms with Crippen LogP contribution in [0.2, 0.25) is 0 Å². The first kappa shape index (κ1) is 15.1. The first-order valence-electron chi connectivity index (χ1n) is 7.42. The average Bonchev–Trinajstić information content (AvgIpc) is 2.38. The fourth-order valence-corrected chi connectivity index (χ4v) is 3.58. The summed E-state index contributed by atoms with van der Waals surface area (Å²) in [7, 11) is 0. The predicted molar refractivity (Wildman–Crippen MR) is 69.7 cm³/mol. The first-order chi connectivity index (χ1) is 8.91. The van der Waals surface area contributed by atoms with E-state index in [9.17, 15) is 13.2 Å². The fourth-order valence-electron chi connectivity index (χ4n) is 3.58. The molecule has 2 N–H and O–H groups in total. The molecule has 2 atom stereocenters. The van der Waals surface area contributed by atoms with Gasteiger partial charge in [-0.05, 0) is 57.0 Å². The van der Waals surface area contributed by atoms with Crippen molar-refractivity contribution in [3.8, 4) is 0 Å². The lowest BCUT2D eigenvalue weighted by Crippen LogP contribution is -2.49. The quantitative estimate of drug-likeness (QED) is 0.841. The summed E-state index contributed by atoms with van der Waals surface area (Å²) < 4.78 is 37.9. The number of piperidine rings is 1. The minimum atomic E-state index is -4.00. The molecule has 2 fully saturated rings. The van der Waals surface area contributed by atoms with Gasteiger partial charge in [-0.15, -0.1) is 0 Å². The van der Waals surface area contributed by atoms with Crippen molar-refractivity contribution in [1.29, 1.82) is 0 Å². The summed E-state index contributed by atoms with van der Waals surface area (Å²) in [4.78, 5) is 2.39. The zero-order chi connectivity index (χ0) is 14.0. The summed E-state index contributed by atoms with van der Waals surface area (Å²) in [6.45, 7) is 4.92. The third kappa shape index (κ3) is 3.63. The molecule has 0 aromatic carbocycles. The van der Waals surface area contributed by atoms with Crippen molar-refractivity contribution in [1.82, 2.24) is 4.90 Å². The Balaban J connectivity index is 1.85. The molecule has 2 unspecified atom stereocenters. The molecule has 19 heavy (non-hydrogen) atoms. The van der Waals surface area contributed by atoms with Gasteiger partial charge >= 0.3 is 6.18 Å². The number of halogens is 3. The summed E-state index contributed by atoms with van der Waals surface area (Å²) in [5.74, 6) is 0.0830. The Kier molecular flexibility index (Phi) is 4.77. The molecule has 0 radical (unpaired) electrons. The van der Waals surface area contributed by atoms with Gasteiger partial charge in [0.25, 0.3) is 0 Å². The summed E-state index contributed by atoms with van der Waals surface area (Å²) in [6.07, 6.45) is -0.894. The van der Waals surface area contributed by atoms with E-state index in [0.717, 1.165) is 19.5 Å². The van der Waals surface area contributed by atoms with E-state index in [0.29, 0.717) is 50.1 Å². The van der Waals surface area contributed by atoms with Crippen LogP contribution >= 0.6 is 0 Å². The number of alkyl halides is 3. The molecule has 1 heterocycles. The number of hydrogen-bond donors (Lipinski definition) is 1. The molecule has 1 saturated carbocycles. The number of rotatable bonds is 2. The molecular formula is C14H25F3N2. The lowest BCUT2D eigenvalue weighted by Gasteiger charge is -2.43. The van der Waals surface area contributed by atoms with Crippen molar-refractivity contribution in [2.45, 2.75) is 51.2 Å². The minimum absolute atomic E-state index is 0.299. The van der Waals surface area contributed by atoms with E-state index < -0.39 is 12.1 Å². The van der Waals surface area contributed by atoms with Crippen molar-refractivity contribution in [2.75, 3.05) is 19.6 Å². The molecule has 2 rings (SSSR count). The van der Waals surface area contributed by atoms with Crippen LogP contribution in [0, 0.1) is 17.8 Å². The highest BCUT2D eigenvalue weighted by atomic mass is 19.4. The number of nitrogens with zero attached hydrogens (tertiary/aromatic N) is 1. The van der Waals surface area contributed by atoms with E-state index in [1.165, 1.54) is 0 Å². The molecule has 2 nitrogen and oxygen atoms in total. The van der Waals surface area contributed by atoms with Crippen molar-refractivity contribution < 1.29 is 13.2 Å². The molecule has 112 valence electrons. The molecule has 2 aliphatic rings. The predicted octanol–water partition coefficient (Wildman–Crippen LogP) is 3.02. The van der Waals surface area contributed by atoms with Crippen LogP contribution in [-0.2, 0) is 0 Å². The Morgan fingerprint density at radius 3 is 2.26 bits per heavy atom. The van der Waals surface area contributed by atoms with E-state index in [4.69, 9.17) is 5.73 Å². The van der Waals surface area contributed by atoms with Crippen LogP contribution in [0.4, 0.5) is 13.2 Å². The van der Waals surface area contributed by atoms with E-state index in [2.05, 4.69) is 11.8 Å².